The van der Waals surface area contributed by atoms with Crippen molar-refractivity contribution in [3.63, 3.8) is 0 Å². The van der Waals surface area contributed by atoms with E-state index < -0.39 is 0 Å². The van der Waals surface area contributed by atoms with Crippen molar-refractivity contribution in [2.24, 2.45) is 5.10 Å². The smallest absolute Gasteiger partial charge is 0.257 e. The van der Waals surface area contributed by atoms with Gasteiger partial charge in [0.1, 0.15) is 5.82 Å². The van der Waals surface area contributed by atoms with E-state index in [1.807, 2.05) is 0 Å². The van der Waals surface area contributed by atoms with Crippen LogP contribution in [0, 0.1) is 19.7 Å². The minimum Gasteiger partial charge on any atom is -0.290 e. The molecular formula is C28H28FN3O. The molecule has 0 N–H and O–H groups in total. The molecule has 4 nitrogen and oxygen atoms in total. The molecule has 0 saturated heterocycles. The monoisotopic (exact) mass is 441 g/mol. The standard InChI is InChI=1S/C28H28FN3O/c1-19-7-8-20(2)25(15-19)27-16-26(22-9-11-24(29)12-10-22)30-32(27)28(33)18-31-14-13-21-5-3-4-6-23(21)17-31/h3-12,15,27H,13-14,16-18H2,1-2H3/t27-/m1/s1. The molecule has 0 radical (unpaired) electrons. The van der Waals surface area contributed by atoms with Gasteiger partial charge in [-0.1, -0.05) is 60.2 Å². The largest absolute Gasteiger partial charge is 0.290 e. The molecule has 0 spiro atoms. The van der Waals surface area contributed by atoms with Crippen molar-refractivity contribution in [3.8, 4) is 0 Å². The number of rotatable bonds is 4. The summed E-state index contributed by atoms with van der Waals surface area (Å²) < 4.78 is 13.5. The quantitative estimate of drug-likeness (QED) is 0.559. The van der Waals surface area contributed by atoms with Crippen LogP contribution in [0.3, 0.4) is 0 Å². The Morgan fingerprint density at radius 2 is 1.79 bits per heavy atom. The van der Waals surface area contributed by atoms with Gasteiger partial charge in [0.2, 0.25) is 0 Å². The van der Waals surface area contributed by atoms with E-state index in [4.69, 9.17) is 5.10 Å². The van der Waals surface area contributed by atoms with Crippen molar-refractivity contribution in [1.29, 1.82) is 0 Å². The first kappa shape index (κ1) is 21.5. The lowest BCUT2D eigenvalue weighted by atomic mass is 9.94. The van der Waals surface area contributed by atoms with Crippen LogP contribution in [-0.4, -0.2) is 34.6 Å². The predicted molar refractivity (Wildman–Crippen MR) is 128 cm³/mol. The molecule has 0 fully saturated rings. The van der Waals surface area contributed by atoms with Crippen molar-refractivity contribution in [1.82, 2.24) is 9.91 Å². The van der Waals surface area contributed by atoms with Crippen molar-refractivity contribution in [3.05, 3.63) is 106 Å². The second-order valence-corrected chi connectivity index (χ2v) is 9.10. The molecule has 5 heteroatoms. The van der Waals surface area contributed by atoms with Crippen LogP contribution in [0.4, 0.5) is 4.39 Å². The Balaban J connectivity index is 1.42. The highest BCUT2D eigenvalue weighted by Crippen LogP contribution is 2.35. The number of amides is 1. The lowest BCUT2D eigenvalue weighted by Crippen LogP contribution is -2.40. The van der Waals surface area contributed by atoms with Gasteiger partial charge in [0.15, 0.2) is 0 Å². The Morgan fingerprint density at radius 1 is 1.03 bits per heavy atom. The number of carbonyl (C=O) groups is 1. The van der Waals surface area contributed by atoms with Crippen LogP contribution in [0.15, 0.2) is 71.8 Å². The molecule has 2 heterocycles. The van der Waals surface area contributed by atoms with Gasteiger partial charge in [-0.2, -0.15) is 5.10 Å². The predicted octanol–water partition coefficient (Wildman–Crippen LogP) is 5.18. The van der Waals surface area contributed by atoms with E-state index in [1.165, 1.54) is 23.3 Å². The minimum atomic E-state index is -0.276. The Bertz CT molecular complexity index is 1220. The van der Waals surface area contributed by atoms with Gasteiger partial charge >= 0.3 is 0 Å². The van der Waals surface area contributed by atoms with Crippen LogP contribution in [0.2, 0.25) is 0 Å². The molecule has 5 rings (SSSR count). The van der Waals surface area contributed by atoms with E-state index in [2.05, 4.69) is 61.2 Å². The zero-order valence-corrected chi connectivity index (χ0v) is 19.1. The molecule has 0 aliphatic carbocycles. The van der Waals surface area contributed by atoms with Gasteiger partial charge in [0.05, 0.1) is 18.3 Å². The van der Waals surface area contributed by atoms with Crippen LogP contribution in [-0.2, 0) is 17.8 Å². The topological polar surface area (TPSA) is 35.9 Å². The molecule has 33 heavy (non-hydrogen) atoms. The van der Waals surface area contributed by atoms with Gasteiger partial charge in [0, 0.05) is 19.5 Å². The summed E-state index contributed by atoms with van der Waals surface area (Å²) in [7, 11) is 0. The maximum absolute atomic E-state index is 13.6. The number of fused-ring (bicyclic) bond motifs is 1. The molecule has 2 aliphatic heterocycles. The van der Waals surface area contributed by atoms with E-state index in [0.29, 0.717) is 13.0 Å². The second-order valence-electron chi connectivity index (χ2n) is 9.10. The first-order chi connectivity index (χ1) is 16.0. The molecule has 3 aromatic rings. The third-order valence-electron chi connectivity index (χ3n) is 6.71. The van der Waals surface area contributed by atoms with Crippen molar-refractivity contribution < 1.29 is 9.18 Å². The number of hydrogen-bond acceptors (Lipinski definition) is 3. The Labute approximate surface area is 194 Å². The third kappa shape index (κ3) is 4.46. The third-order valence-corrected chi connectivity index (χ3v) is 6.71. The molecule has 168 valence electrons. The van der Waals surface area contributed by atoms with Gasteiger partial charge < -0.3 is 0 Å². The lowest BCUT2D eigenvalue weighted by molar-refractivity contribution is -0.134. The summed E-state index contributed by atoms with van der Waals surface area (Å²) >= 11 is 0. The molecule has 0 unspecified atom stereocenters. The number of hydrazone groups is 1. The maximum Gasteiger partial charge on any atom is 0.257 e. The first-order valence-corrected chi connectivity index (χ1v) is 11.5. The molecule has 0 aromatic heterocycles. The highest BCUT2D eigenvalue weighted by Gasteiger charge is 2.35. The summed E-state index contributed by atoms with van der Waals surface area (Å²) in [5.41, 5.74) is 7.75. The average Bonchev–Trinajstić information content (AvgIpc) is 3.26. The molecule has 1 atom stereocenters. The molecule has 0 saturated carbocycles. The van der Waals surface area contributed by atoms with Crippen LogP contribution >= 0.6 is 0 Å². The molecule has 0 bridgehead atoms. The fourth-order valence-electron chi connectivity index (χ4n) is 4.87. The van der Waals surface area contributed by atoms with Gasteiger partial charge in [-0.25, -0.2) is 9.40 Å². The van der Waals surface area contributed by atoms with E-state index in [1.54, 1.807) is 17.1 Å². The van der Waals surface area contributed by atoms with Gasteiger partial charge in [0.25, 0.3) is 5.91 Å². The summed E-state index contributed by atoms with van der Waals surface area (Å²) in [5.74, 6) is -0.279. The number of nitrogens with zero attached hydrogens (tertiary/aromatic N) is 3. The summed E-state index contributed by atoms with van der Waals surface area (Å²) in [6, 6.07) is 21.0. The van der Waals surface area contributed by atoms with Gasteiger partial charge in [-0.3, -0.25) is 9.69 Å². The number of hydrogen-bond donors (Lipinski definition) is 0. The number of halogens is 1. The number of benzene rings is 3. The SMILES string of the molecule is Cc1ccc(C)c([C@H]2CC(c3ccc(F)cc3)=NN2C(=O)CN2CCc3ccccc3C2)c1. The van der Waals surface area contributed by atoms with Crippen LogP contribution in [0.1, 0.15) is 45.8 Å². The van der Waals surface area contributed by atoms with Gasteiger partial charge in [-0.15, -0.1) is 0 Å². The van der Waals surface area contributed by atoms with Crippen molar-refractivity contribution >= 4 is 11.6 Å². The first-order valence-electron chi connectivity index (χ1n) is 11.5. The highest BCUT2D eigenvalue weighted by molar-refractivity contribution is 6.03. The lowest BCUT2D eigenvalue weighted by Gasteiger charge is -2.30. The summed E-state index contributed by atoms with van der Waals surface area (Å²) in [6.45, 7) is 6.11. The fourth-order valence-corrected chi connectivity index (χ4v) is 4.87. The molecule has 2 aliphatic rings. The Kier molecular flexibility index (Phi) is 5.81. The van der Waals surface area contributed by atoms with E-state index in [9.17, 15) is 9.18 Å². The van der Waals surface area contributed by atoms with Gasteiger partial charge in [-0.05, 0) is 60.2 Å². The fraction of sp³-hybridized carbons (Fsp3) is 0.286. The van der Waals surface area contributed by atoms with Crippen molar-refractivity contribution in [2.45, 2.75) is 39.3 Å². The van der Waals surface area contributed by atoms with Crippen LogP contribution in [0.25, 0.3) is 0 Å². The van der Waals surface area contributed by atoms with Crippen molar-refractivity contribution in [2.75, 3.05) is 13.1 Å². The summed E-state index contributed by atoms with van der Waals surface area (Å²) in [5, 5.41) is 6.45. The molecule has 1 amide bonds. The Morgan fingerprint density at radius 3 is 2.58 bits per heavy atom. The summed E-state index contributed by atoms with van der Waals surface area (Å²) in [6.07, 6.45) is 1.57. The molecular weight excluding hydrogens is 413 g/mol. The average molecular weight is 442 g/mol. The zero-order valence-electron chi connectivity index (χ0n) is 19.1. The van der Waals surface area contributed by atoms with E-state index in [0.717, 1.165) is 47.5 Å². The van der Waals surface area contributed by atoms with Crippen LogP contribution < -0.4 is 0 Å². The number of aryl methyl sites for hydroxylation is 2. The summed E-state index contributed by atoms with van der Waals surface area (Å²) in [4.78, 5) is 15.8. The zero-order chi connectivity index (χ0) is 22.9. The number of carbonyl (C=O) groups excluding carboxylic acids is 1. The van der Waals surface area contributed by atoms with E-state index >= 15 is 0 Å². The maximum atomic E-state index is 13.6. The Hall–Kier alpha value is -3.31. The minimum absolute atomic E-state index is 0.00241. The highest BCUT2D eigenvalue weighted by atomic mass is 19.1. The van der Waals surface area contributed by atoms with Crippen LogP contribution in [0.5, 0.6) is 0 Å². The normalized spacial score (nSPS) is 18.2. The second kappa shape index (κ2) is 8.91. The van der Waals surface area contributed by atoms with E-state index in [-0.39, 0.29) is 17.8 Å². The molecule has 3 aromatic carbocycles.